The molecule has 2 aliphatic rings. The molecule has 2 aliphatic heterocycles. The zero-order valence-electron chi connectivity index (χ0n) is 15.6. The predicted molar refractivity (Wildman–Crippen MR) is 97.2 cm³/mol. The summed E-state index contributed by atoms with van der Waals surface area (Å²) in [6, 6.07) is 2.65. The van der Waals surface area contributed by atoms with Crippen molar-refractivity contribution in [1.82, 2.24) is 15.1 Å². The number of hydrogen-bond donors (Lipinski definition) is 2. The molecule has 11 heteroatoms. The molecule has 3 rings (SSSR count). The highest BCUT2D eigenvalue weighted by Gasteiger charge is 2.44. The molecule has 7 nitrogen and oxygen atoms in total. The van der Waals surface area contributed by atoms with Gasteiger partial charge in [0, 0.05) is 39.8 Å². The minimum absolute atomic E-state index is 0.0368. The van der Waals surface area contributed by atoms with Gasteiger partial charge in [-0.1, -0.05) is 0 Å². The molecule has 0 aromatic carbocycles. The van der Waals surface area contributed by atoms with Gasteiger partial charge in [0.15, 0.2) is 0 Å². The van der Waals surface area contributed by atoms with Crippen LogP contribution < -0.4 is 5.32 Å². The second kappa shape index (κ2) is 9.57. The molecule has 1 aromatic rings. The van der Waals surface area contributed by atoms with Crippen molar-refractivity contribution in [3.8, 4) is 0 Å². The number of thiophene rings is 1. The molecule has 2 fully saturated rings. The van der Waals surface area contributed by atoms with Gasteiger partial charge in [-0.2, -0.15) is 24.5 Å². The van der Waals surface area contributed by atoms with E-state index in [1.54, 1.807) is 30.3 Å². The van der Waals surface area contributed by atoms with Crippen LogP contribution in [-0.4, -0.2) is 78.5 Å². The third-order valence-corrected chi connectivity index (χ3v) is 5.29. The molecule has 0 unspecified atom stereocenters. The summed E-state index contributed by atoms with van der Waals surface area (Å²) in [4.78, 5) is 24.9. The molecule has 1 aromatic heterocycles. The number of carboxylic acids is 1. The van der Waals surface area contributed by atoms with Gasteiger partial charge in [0.1, 0.15) is 0 Å². The van der Waals surface area contributed by atoms with Gasteiger partial charge in [0.25, 0.3) is 0 Å². The molecule has 158 valence electrons. The Morgan fingerprint density at radius 3 is 2.64 bits per heavy atom. The first-order valence-electron chi connectivity index (χ1n) is 8.74. The van der Waals surface area contributed by atoms with Gasteiger partial charge in [-0.3, -0.25) is 4.90 Å². The maximum absolute atomic E-state index is 11.9. The number of ether oxygens (including phenoxy) is 1. The van der Waals surface area contributed by atoms with Gasteiger partial charge in [-0.25, -0.2) is 9.59 Å². The molecule has 0 aliphatic carbocycles. The van der Waals surface area contributed by atoms with E-state index in [-0.39, 0.29) is 18.2 Å². The first kappa shape index (κ1) is 22.4. The van der Waals surface area contributed by atoms with Crippen molar-refractivity contribution in [3.63, 3.8) is 0 Å². The molecule has 0 spiro atoms. The lowest BCUT2D eigenvalue weighted by Crippen LogP contribution is -2.50. The number of nitrogens with one attached hydrogen (secondary N) is 1. The van der Waals surface area contributed by atoms with Crippen LogP contribution in [-0.2, 0) is 16.1 Å². The van der Waals surface area contributed by atoms with E-state index in [4.69, 9.17) is 14.6 Å². The molecular formula is C17H24F3N3O4S. The normalized spacial score (nSPS) is 24.7. The number of carboxylic acid groups (broad SMARTS) is 1. The van der Waals surface area contributed by atoms with E-state index in [0.717, 1.165) is 32.5 Å². The van der Waals surface area contributed by atoms with Crippen LogP contribution in [0, 0.1) is 0 Å². The highest BCUT2D eigenvalue weighted by atomic mass is 32.1. The summed E-state index contributed by atoms with van der Waals surface area (Å²) < 4.78 is 37.7. The van der Waals surface area contributed by atoms with Gasteiger partial charge >= 0.3 is 18.2 Å². The average molecular weight is 423 g/mol. The third-order valence-electron chi connectivity index (χ3n) is 4.55. The molecule has 3 atom stereocenters. The van der Waals surface area contributed by atoms with Gasteiger partial charge in [0.05, 0.1) is 12.1 Å². The highest BCUT2D eigenvalue weighted by molar-refractivity contribution is 7.07. The van der Waals surface area contributed by atoms with E-state index in [0.29, 0.717) is 6.04 Å². The number of carbonyl (C=O) groups excluding carboxylic acids is 1. The molecular weight excluding hydrogens is 399 g/mol. The Hall–Kier alpha value is -1.85. The smallest absolute Gasteiger partial charge is 0.475 e. The summed E-state index contributed by atoms with van der Waals surface area (Å²) in [5.74, 6) is -2.76. The van der Waals surface area contributed by atoms with Gasteiger partial charge in [-0.15, -0.1) is 0 Å². The lowest BCUT2D eigenvalue weighted by Gasteiger charge is -2.32. The molecule has 0 radical (unpaired) electrons. The van der Waals surface area contributed by atoms with Crippen molar-refractivity contribution < 1.29 is 32.6 Å². The Labute approximate surface area is 165 Å². The van der Waals surface area contributed by atoms with Gasteiger partial charge < -0.3 is 20.1 Å². The van der Waals surface area contributed by atoms with Crippen LogP contribution in [0.15, 0.2) is 16.8 Å². The van der Waals surface area contributed by atoms with Crippen molar-refractivity contribution in [2.45, 2.75) is 43.8 Å². The van der Waals surface area contributed by atoms with Crippen LogP contribution in [0.25, 0.3) is 0 Å². The maximum atomic E-state index is 11.9. The van der Waals surface area contributed by atoms with E-state index >= 15 is 0 Å². The zero-order valence-corrected chi connectivity index (χ0v) is 16.4. The van der Waals surface area contributed by atoms with Crippen molar-refractivity contribution in [2.24, 2.45) is 0 Å². The SMILES string of the molecule is CN(C)C(=O)N[C@H]1CN(Cc2ccsc2)[C@@H]2CCCO[C@H]12.O=C(O)C(F)(F)F. The Morgan fingerprint density at radius 1 is 1.43 bits per heavy atom. The monoisotopic (exact) mass is 423 g/mol. The molecule has 3 heterocycles. The first-order valence-corrected chi connectivity index (χ1v) is 9.68. The summed E-state index contributed by atoms with van der Waals surface area (Å²) >= 11 is 1.73. The summed E-state index contributed by atoms with van der Waals surface area (Å²) in [7, 11) is 3.54. The molecule has 28 heavy (non-hydrogen) atoms. The van der Waals surface area contributed by atoms with Crippen LogP contribution in [0.5, 0.6) is 0 Å². The zero-order chi connectivity index (χ0) is 20.9. The van der Waals surface area contributed by atoms with Crippen LogP contribution >= 0.6 is 11.3 Å². The number of hydrogen-bond acceptors (Lipinski definition) is 5. The van der Waals surface area contributed by atoms with Crippen molar-refractivity contribution in [3.05, 3.63) is 22.4 Å². The molecule has 2 amide bonds. The number of carbonyl (C=O) groups is 2. The summed E-state index contributed by atoms with van der Waals surface area (Å²) in [6.07, 6.45) is -2.69. The Balaban J connectivity index is 0.000000345. The molecule has 2 N–H and O–H groups in total. The second-order valence-electron chi connectivity index (χ2n) is 6.86. The van der Waals surface area contributed by atoms with E-state index < -0.39 is 12.1 Å². The Morgan fingerprint density at radius 2 is 2.11 bits per heavy atom. The third kappa shape index (κ3) is 6.08. The standard InChI is InChI=1S/C15H23N3O2S.C2HF3O2/c1-17(2)15(19)16-12-9-18(8-11-5-7-21-10-11)13-4-3-6-20-14(12)13;3-2(4,5)1(6)7/h5,7,10,12-14H,3-4,6,8-9H2,1-2H3,(H,16,19);(H,6,7)/t12-,13+,14+;/m0./s1. The fourth-order valence-corrected chi connectivity index (χ4v) is 3.93. The number of fused-ring (bicyclic) bond motifs is 1. The number of aliphatic carboxylic acids is 1. The minimum Gasteiger partial charge on any atom is -0.475 e. The van der Waals surface area contributed by atoms with Crippen LogP contribution in [0.3, 0.4) is 0 Å². The lowest BCUT2D eigenvalue weighted by molar-refractivity contribution is -0.192. The van der Waals surface area contributed by atoms with Gasteiger partial charge in [0.2, 0.25) is 0 Å². The number of likely N-dealkylation sites (tertiary alicyclic amines) is 1. The van der Waals surface area contributed by atoms with E-state index in [9.17, 15) is 18.0 Å². The largest absolute Gasteiger partial charge is 0.490 e. The highest BCUT2D eigenvalue weighted by Crippen LogP contribution is 2.30. The number of halogens is 3. The summed E-state index contributed by atoms with van der Waals surface area (Å²) in [5, 5.41) is 14.6. The Kier molecular flexibility index (Phi) is 7.67. The number of nitrogens with zero attached hydrogens (tertiary/aromatic N) is 2. The average Bonchev–Trinajstić information content (AvgIpc) is 3.24. The van der Waals surface area contributed by atoms with Crippen molar-refractivity contribution >= 4 is 23.3 Å². The topological polar surface area (TPSA) is 82.1 Å². The quantitative estimate of drug-likeness (QED) is 0.780. The maximum Gasteiger partial charge on any atom is 0.490 e. The van der Waals surface area contributed by atoms with Crippen LogP contribution in [0.1, 0.15) is 18.4 Å². The summed E-state index contributed by atoms with van der Waals surface area (Å²) in [5.41, 5.74) is 1.35. The van der Waals surface area contributed by atoms with E-state index in [1.807, 2.05) is 0 Å². The fourth-order valence-electron chi connectivity index (χ4n) is 3.27. The molecule has 0 bridgehead atoms. The predicted octanol–water partition coefficient (Wildman–Crippen LogP) is 2.38. The van der Waals surface area contributed by atoms with E-state index in [1.165, 1.54) is 5.56 Å². The van der Waals surface area contributed by atoms with Gasteiger partial charge in [-0.05, 0) is 35.2 Å². The Bertz CT molecular complexity index is 655. The molecule has 0 saturated carbocycles. The van der Waals surface area contributed by atoms with Crippen LogP contribution in [0.4, 0.5) is 18.0 Å². The molecule has 2 saturated heterocycles. The summed E-state index contributed by atoms with van der Waals surface area (Å²) in [6.45, 7) is 2.62. The van der Waals surface area contributed by atoms with E-state index in [2.05, 4.69) is 27.0 Å². The first-order chi connectivity index (χ1) is 13.1. The van der Waals surface area contributed by atoms with Crippen molar-refractivity contribution in [1.29, 1.82) is 0 Å². The number of amides is 2. The lowest BCUT2D eigenvalue weighted by atomic mass is 10.0. The number of urea groups is 1. The van der Waals surface area contributed by atoms with Crippen LogP contribution in [0.2, 0.25) is 0 Å². The fraction of sp³-hybridized carbons (Fsp3) is 0.647. The van der Waals surface area contributed by atoms with Crippen molar-refractivity contribution in [2.75, 3.05) is 27.2 Å². The number of alkyl halides is 3. The minimum atomic E-state index is -5.08. The second-order valence-corrected chi connectivity index (χ2v) is 7.64. The number of rotatable bonds is 3.